The molecule has 0 amide bonds. The van der Waals surface area contributed by atoms with Crippen molar-refractivity contribution in [3.63, 3.8) is 0 Å². The van der Waals surface area contributed by atoms with E-state index in [0.29, 0.717) is 17.1 Å². The van der Waals surface area contributed by atoms with Crippen LogP contribution in [0.3, 0.4) is 0 Å². The maximum atomic E-state index is 14.1. The lowest BCUT2D eigenvalue weighted by atomic mass is 10.0. The predicted molar refractivity (Wildman–Crippen MR) is 106 cm³/mol. The summed E-state index contributed by atoms with van der Waals surface area (Å²) < 4.78 is 30.1. The number of piperidine rings is 1. The highest BCUT2D eigenvalue weighted by Crippen LogP contribution is 2.27. The number of nitrogens with one attached hydrogen (secondary N) is 2. The maximum absolute atomic E-state index is 14.1. The highest BCUT2D eigenvalue weighted by atomic mass is 19.1. The molecule has 0 bridgehead atoms. The molecule has 2 N–H and O–H groups in total. The Morgan fingerprint density at radius 3 is 2.63 bits per heavy atom. The number of hydrogen-bond donors (Lipinski definition) is 2. The van der Waals surface area contributed by atoms with E-state index in [0.717, 1.165) is 49.2 Å². The third-order valence-electron chi connectivity index (χ3n) is 5.44. The van der Waals surface area contributed by atoms with Crippen molar-refractivity contribution < 1.29 is 13.6 Å². The number of H-pyrrole nitrogens is 1. The molecular formula is C21H18F2N6O. The van der Waals surface area contributed by atoms with Gasteiger partial charge in [0.05, 0.1) is 23.2 Å². The average molecular weight is 408 g/mol. The normalized spacial score (nSPS) is 15.0. The van der Waals surface area contributed by atoms with Crippen LogP contribution in [0.2, 0.25) is 0 Å². The number of nitrogens with zero attached hydrogens (tertiary/aromatic N) is 4. The minimum absolute atomic E-state index is 0.00547. The Bertz CT molecular complexity index is 1220. The average Bonchev–Trinajstić information content (AvgIpc) is 3.41. The van der Waals surface area contributed by atoms with Crippen molar-refractivity contribution in [2.75, 3.05) is 13.1 Å². The summed E-state index contributed by atoms with van der Waals surface area (Å²) in [6.07, 6.45) is 7.37. The van der Waals surface area contributed by atoms with Gasteiger partial charge in [0.2, 0.25) is 5.78 Å². The van der Waals surface area contributed by atoms with Crippen LogP contribution in [0.25, 0.3) is 22.2 Å². The molecular weight excluding hydrogens is 390 g/mol. The van der Waals surface area contributed by atoms with E-state index < -0.39 is 23.0 Å². The minimum Gasteiger partial charge on any atom is -0.317 e. The van der Waals surface area contributed by atoms with Gasteiger partial charge in [0.1, 0.15) is 17.3 Å². The monoisotopic (exact) mass is 408 g/mol. The topological polar surface area (TPSA) is 88.5 Å². The molecule has 4 heterocycles. The molecule has 0 aliphatic carbocycles. The van der Waals surface area contributed by atoms with Crippen molar-refractivity contribution in [1.29, 1.82) is 0 Å². The van der Waals surface area contributed by atoms with Gasteiger partial charge >= 0.3 is 0 Å². The van der Waals surface area contributed by atoms with E-state index in [2.05, 4.69) is 25.6 Å². The van der Waals surface area contributed by atoms with Gasteiger partial charge in [0.25, 0.3) is 0 Å². The largest absolute Gasteiger partial charge is 0.317 e. The third kappa shape index (κ3) is 3.17. The number of fused-ring (bicyclic) bond motifs is 1. The Hall–Kier alpha value is -3.46. The van der Waals surface area contributed by atoms with E-state index in [4.69, 9.17) is 0 Å². The van der Waals surface area contributed by atoms with Gasteiger partial charge in [-0.1, -0.05) is 6.07 Å². The highest BCUT2D eigenvalue weighted by Gasteiger charge is 2.23. The van der Waals surface area contributed by atoms with Crippen LogP contribution in [0, 0.1) is 11.6 Å². The van der Waals surface area contributed by atoms with Crippen molar-refractivity contribution in [2.45, 2.75) is 18.9 Å². The van der Waals surface area contributed by atoms with Gasteiger partial charge in [0.15, 0.2) is 5.65 Å². The zero-order valence-electron chi connectivity index (χ0n) is 15.9. The molecule has 0 saturated carbocycles. The lowest BCUT2D eigenvalue weighted by Crippen LogP contribution is -2.29. The highest BCUT2D eigenvalue weighted by molar-refractivity contribution is 6.15. The first kappa shape index (κ1) is 18.6. The van der Waals surface area contributed by atoms with Gasteiger partial charge in [-0.2, -0.15) is 10.2 Å². The number of pyridine rings is 1. The number of hydrogen-bond acceptors (Lipinski definition) is 5. The van der Waals surface area contributed by atoms with Gasteiger partial charge in [-0.05, 0) is 44.1 Å². The zero-order chi connectivity index (χ0) is 20.7. The first-order chi connectivity index (χ1) is 14.6. The van der Waals surface area contributed by atoms with Gasteiger partial charge < -0.3 is 5.32 Å². The van der Waals surface area contributed by atoms with E-state index in [1.807, 2.05) is 10.9 Å². The molecule has 3 aromatic heterocycles. The minimum atomic E-state index is -0.921. The molecule has 1 aliphatic rings. The number of aromatic nitrogens is 5. The molecule has 30 heavy (non-hydrogen) atoms. The summed E-state index contributed by atoms with van der Waals surface area (Å²) in [6.45, 7) is 1.92. The van der Waals surface area contributed by atoms with Crippen molar-refractivity contribution in [3.05, 3.63) is 65.7 Å². The Balaban J connectivity index is 1.52. The molecule has 7 nitrogen and oxygen atoms in total. The number of benzene rings is 1. The van der Waals surface area contributed by atoms with E-state index in [1.165, 1.54) is 6.07 Å². The first-order valence-corrected chi connectivity index (χ1v) is 9.70. The second-order valence-electron chi connectivity index (χ2n) is 7.31. The Morgan fingerprint density at radius 1 is 1.10 bits per heavy atom. The molecule has 0 spiro atoms. The third-order valence-corrected chi connectivity index (χ3v) is 5.44. The van der Waals surface area contributed by atoms with E-state index >= 15 is 0 Å². The summed E-state index contributed by atoms with van der Waals surface area (Å²) in [5, 5.41) is 14.8. The predicted octanol–water partition coefficient (Wildman–Crippen LogP) is 3.26. The van der Waals surface area contributed by atoms with Crippen molar-refractivity contribution in [2.24, 2.45) is 0 Å². The molecule has 1 saturated heterocycles. The Labute approximate surface area is 170 Å². The van der Waals surface area contributed by atoms with Crippen LogP contribution in [-0.4, -0.2) is 43.8 Å². The maximum Gasteiger partial charge on any atom is 0.217 e. The van der Waals surface area contributed by atoms with E-state index in [9.17, 15) is 13.6 Å². The van der Waals surface area contributed by atoms with Crippen molar-refractivity contribution in [1.82, 2.24) is 30.3 Å². The smallest absolute Gasteiger partial charge is 0.217 e. The number of ketones is 1. The molecule has 5 rings (SSSR count). The molecule has 4 aromatic rings. The number of carbonyl (C=O) groups excluding carboxylic acids is 1. The lowest BCUT2D eigenvalue weighted by molar-refractivity contribution is 0.102. The van der Waals surface area contributed by atoms with Crippen LogP contribution >= 0.6 is 0 Å². The molecule has 1 aliphatic heterocycles. The zero-order valence-corrected chi connectivity index (χ0v) is 15.9. The standard InChI is InChI=1S/C21H18F2N6O/c22-16-2-1-3-17(23)18(16)20(30)19-15-8-12(9-25-21(15)28-27-19)13-10-26-29(11-13)14-4-6-24-7-5-14/h1-3,8-11,14,24H,4-7H2,(H,25,27,28). The van der Waals surface area contributed by atoms with Gasteiger partial charge in [-0.3, -0.25) is 14.6 Å². The van der Waals surface area contributed by atoms with Gasteiger partial charge in [-0.15, -0.1) is 0 Å². The summed E-state index contributed by atoms with van der Waals surface area (Å²) in [4.78, 5) is 17.1. The number of aromatic amines is 1. The number of carbonyl (C=O) groups is 1. The molecule has 0 radical (unpaired) electrons. The molecule has 152 valence electrons. The Morgan fingerprint density at radius 2 is 1.87 bits per heavy atom. The van der Waals surface area contributed by atoms with Crippen LogP contribution in [0.5, 0.6) is 0 Å². The van der Waals surface area contributed by atoms with E-state index in [1.54, 1.807) is 18.5 Å². The van der Waals surface area contributed by atoms with Crippen LogP contribution in [0.15, 0.2) is 42.9 Å². The second-order valence-corrected chi connectivity index (χ2v) is 7.31. The quantitative estimate of drug-likeness (QED) is 0.506. The van der Waals surface area contributed by atoms with E-state index in [-0.39, 0.29) is 5.69 Å². The second kappa shape index (κ2) is 7.42. The van der Waals surface area contributed by atoms with Crippen LogP contribution in [0.4, 0.5) is 8.78 Å². The lowest BCUT2D eigenvalue weighted by Gasteiger charge is -2.22. The van der Waals surface area contributed by atoms with Gasteiger partial charge in [-0.25, -0.2) is 13.8 Å². The van der Waals surface area contributed by atoms with Crippen molar-refractivity contribution in [3.8, 4) is 11.1 Å². The number of rotatable bonds is 4. The summed E-state index contributed by atoms with van der Waals surface area (Å²) >= 11 is 0. The molecule has 1 aromatic carbocycles. The van der Waals surface area contributed by atoms with Crippen LogP contribution < -0.4 is 5.32 Å². The molecule has 9 heteroatoms. The number of halogens is 2. The first-order valence-electron chi connectivity index (χ1n) is 9.70. The fourth-order valence-corrected chi connectivity index (χ4v) is 3.83. The Kier molecular flexibility index (Phi) is 4.59. The van der Waals surface area contributed by atoms with Crippen LogP contribution in [-0.2, 0) is 0 Å². The fourth-order valence-electron chi connectivity index (χ4n) is 3.83. The van der Waals surface area contributed by atoms with Gasteiger partial charge in [0, 0.05) is 23.5 Å². The molecule has 0 unspecified atom stereocenters. The SMILES string of the molecule is O=C(c1c(F)cccc1F)c1[nH]nc2ncc(-c3cnn(C4CCNCC4)c3)cc12. The molecule has 1 fully saturated rings. The summed E-state index contributed by atoms with van der Waals surface area (Å²) in [6, 6.07) is 5.39. The fraction of sp³-hybridized carbons (Fsp3) is 0.238. The molecule has 0 atom stereocenters. The summed E-state index contributed by atoms with van der Waals surface area (Å²) in [5.74, 6) is -2.65. The van der Waals surface area contributed by atoms with Crippen molar-refractivity contribution >= 4 is 16.8 Å². The summed E-state index contributed by atoms with van der Waals surface area (Å²) in [5.41, 5.74) is 1.26. The summed E-state index contributed by atoms with van der Waals surface area (Å²) in [7, 11) is 0. The van der Waals surface area contributed by atoms with Crippen LogP contribution in [0.1, 0.15) is 34.9 Å².